The van der Waals surface area contributed by atoms with Crippen LogP contribution in [0.5, 0.6) is 0 Å². The average molecular weight is 231 g/mol. The van der Waals surface area contributed by atoms with E-state index < -0.39 is 4.32 Å². The highest BCUT2D eigenvalue weighted by atomic mass is 79.9. The monoisotopic (exact) mass is 230 g/mol. The van der Waals surface area contributed by atoms with Crippen molar-refractivity contribution in [2.45, 2.75) is 24.6 Å². The maximum Gasteiger partial charge on any atom is 0.322 e. The van der Waals surface area contributed by atoms with E-state index >= 15 is 0 Å². The molecule has 1 aliphatic carbocycles. The van der Waals surface area contributed by atoms with E-state index in [9.17, 15) is 4.79 Å². The largest absolute Gasteiger partial charge is 0.465 e. The Morgan fingerprint density at radius 1 is 1.58 bits per heavy atom. The molecule has 66 valence electrons. The van der Waals surface area contributed by atoms with Crippen molar-refractivity contribution in [1.82, 2.24) is 0 Å². The van der Waals surface area contributed by atoms with Crippen molar-refractivity contribution in [3.8, 4) is 11.8 Å². The molecule has 0 unspecified atom stereocenters. The van der Waals surface area contributed by atoms with E-state index in [0.29, 0.717) is 12.5 Å². The third kappa shape index (κ3) is 3.27. The molecule has 2 nitrogen and oxygen atoms in total. The smallest absolute Gasteiger partial charge is 0.322 e. The van der Waals surface area contributed by atoms with Gasteiger partial charge in [-0.2, -0.15) is 0 Å². The molecule has 0 radical (unpaired) electrons. The van der Waals surface area contributed by atoms with Gasteiger partial charge in [0.2, 0.25) is 0 Å². The van der Waals surface area contributed by atoms with Crippen LogP contribution in [0.2, 0.25) is 0 Å². The molecule has 0 aliphatic heterocycles. The number of halogens is 1. The molecule has 0 bridgehead atoms. The Labute approximate surface area is 80.8 Å². The number of alkyl halides is 1. The van der Waals surface area contributed by atoms with E-state index in [1.165, 1.54) is 0 Å². The van der Waals surface area contributed by atoms with Crippen LogP contribution in [0.1, 0.15) is 20.3 Å². The fourth-order valence-electron chi connectivity index (χ4n) is 0.644. The molecule has 12 heavy (non-hydrogen) atoms. The molecule has 0 amide bonds. The zero-order valence-electron chi connectivity index (χ0n) is 7.19. The van der Waals surface area contributed by atoms with Crippen molar-refractivity contribution in [3.05, 3.63) is 0 Å². The lowest BCUT2D eigenvalue weighted by Crippen LogP contribution is -2.27. The van der Waals surface area contributed by atoms with Crippen LogP contribution in [0.15, 0.2) is 0 Å². The van der Waals surface area contributed by atoms with Crippen LogP contribution in [-0.4, -0.2) is 16.9 Å². The predicted octanol–water partition coefficient (Wildman–Crippen LogP) is 1.73. The third-order valence-electron chi connectivity index (χ3n) is 1.47. The number of hydrogen-bond acceptors (Lipinski definition) is 2. The summed E-state index contributed by atoms with van der Waals surface area (Å²) in [6, 6.07) is 0. The zero-order valence-corrected chi connectivity index (χ0v) is 8.77. The first-order valence-corrected chi connectivity index (χ1v) is 4.66. The van der Waals surface area contributed by atoms with E-state index in [2.05, 4.69) is 27.8 Å². The lowest BCUT2D eigenvalue weighted by atomic mass is 10.2. The van der Waals surface area contributed by atoms with Crippen molar-refractivity contribution in [2.75, 3.05) is 6.61 Å². The van der Waals surface area contributed by atoms with Crippen LogP contribution in [0, 0.1) is 17.8 Å². The van der Waals surface area contributed by atoms with Crippen LogP contribution in [-0.2, 0) is 9.53 Å². The normalized spacial score (nSPS) is 14.9. The summed E-state index contributed by atoms with van der Waals surface area (Å²) in [7, 11) is 0. The maximum absolute atomic E-state index is 11.2. The molecule has 1 aliphatic rings. The van der Waals surface area contributed by atoms with Crippen molar-refractivity contribution in [3.63, 3.8) is 0 Å². The highest BCUT2D eigenvalue weighted by Gasteiger charge is 2.25. The standard InChI is InChI=1S/C9H11BrO2/c1-9(2,10)8(11)12-6-5-7-3-4-7/h7H,5-6H2,1-2H3. The maximum atomic E-state index is 11.2. The Morgan fingerprint density at radius 3 is 2.58 bits per heavy atom. The second-order valence-electron chi connectivity index (χ2n) is 3.24. The molecule has 0 fully saturated rings. The van der Waals surface area contributed by atoms with E-state index in [0.717, 1.165) is 6.42 Å². The second kappa shape index (κ2) is 3.49. The average Bonchev–Trinajstić information content (AvgIpc) is 2.69. The number of hydrogen-bond donors (Lipinski definition) is 0. The van der Waals surface area contributed by atoms with Crippen LogP contribution < -0.4 is 0 Å². The topological polar surface area (TPSA) is 26.3 Å². The molecule has 0 heterocycles. The molecule has 0 spiro atoms. The summed E-state index contributed by atoms with van der Waals surface area (Å²) in [5.41, 5.74) is 0. The minimum absolute atomic E-state index is 0.219. The van der Waals surface area contributed by atoms with E-state index in [1.807, 2.05) is 0 Å². The first-order chi connectivity index (χ1) is 5.50. The Balaban J connectivity index is 2.09. The summed E-state index contributed by atoms with van der Waals surface area (Å²) < 4.78 is 4.42. The SMILES string of the molecule is CC(C)(Br)C(=O)OCCC1C#C1. The number of rotatable bonds is 4. The van der Waals surface area contributed by atoms with Gasteiger partial charge in [-0.05, 0) is 13.8 Å². The molecule has 3 heteroatoms. The summed E-state index contributed by atoms with van der Waals surface area (Å²) in [5.74, 6) is 5.90. The lowest BCUT2D eigenvalue weighted by Gasteiger charge is -2.14. The van der Waals surface area contributed by atoms with E-state index in [4.69, 9.17) is 4.74 Å². The Hall–Kier alpha value is -0.490. The van der Waals surface area contributed by atoms with E-state index in [-0.39, 0.29) is 5.97 Å². The van der Waals surface area contributed by atoms with Gasteiger partial charge in [-0.1, -0.05) is 27.8 Å². The van der Waals surface area contributed by atoms with Crippen molar-refractivity contribution in [2.24, 2.45) is 5.92 Å². The molecular weight excluding hydrogens is 220 g/mol. The van der Waals surface area contributed by atoms with Crippen LogP contribution in [0.25, 0.3) is 0 Å². The second-order valence-corrected chi connectivity index (χ2v) is 5.22. The predicted molar refractivity (Wildman–Crippen MR) is 49.8 cm³/mol. The lowest BCUT2D eigenvalue weighted by molar-refractivity contribution is -0.145. The van der Waals surface area contributed by atoms with Crippen LogP contribution in [0.4, 0.5) is 0 Å². The van der Waals surface area contributed by atoms with Gasteiger partial charge >= 0.3 is 5.97 Å². The molecule has 0 saturated heterocycles. The molecule has 0 N–H and O–H groups in total. The summed E-state index contributed by atoms with van der Waals surface area (Å²) in [5, 5.41) is 0. The van der Waals surface area contributed by atoms with Crippen molar-refractivity contribution in [1.29, 1.82) is 0 Å². The molecule has 0 aromatic heterocycles. The summed E-state index contributed by atoms with van der Waals surface area (Å²) in [6.07, 6.45) is 0.814. The molecule has 0 saturated carbocycles. The van der Waals surface area contributed by atoms with Crippen LogP contribution in [0.3, 0.4) is 0 Å². The molecule has 0 aromatic carbocycles. The van der Waals surface area contributed by atoms with Gasteiger partial charge < -0.3 is 4.74 Å². The summed E-state index contributed by atoms with van der Waals surface area (Å²) in [6.45, 7) is 3.99. The fraction of sp³-hybridized carbons (Fsp3) is 0.667. The summed E-state index contributed by atoms with van der Waals surface area (Å²) >= 11 is 3.22. The number of carbonyl (C=O) groups excluding carboxylic acids is 1. The van der Waals surface area contributed by atoms with Gasteiger partial charge in [-0.15, -0.1) is 0 Å². The Kier molecular flexibility index (Phi) is 2.79. The fourth-order valence-corrected chi connectivity index (χ4v) is 0.759. The zero-order chi connectivity index (χ0) is 9.19. The Morgan fingerprint density at radius 2 is 2.17 bits per heavy atom. The first-order valence-electron chi connectivity index (χ1n) is 3.87. The summed E-state index contributed by atoms with van der Waals surface area (Å²) in [4.78, 5) is 11.2. The van der Waals surface area contributed by atoms with Gasteiger partial charge in [0.05, 0.1) is 12.5 Å². The van der Waals surface area contributed by atoms with Gasteiger partial charge in [0.25, 0.3) is 0 Å². The van der Waals surface area contributed by atoms with Crippen LogP contribution >= 0.6 is 15.9 Å². The minimum Gasteiger partial charge on any atom is -0.465 e. The van der Waals surface area contributed by atoms with Gasteiger partial charge in [-0.25, -0.2) is 0 Å². The number of ether oxygens (including phenoxy) is 1. The van der Waals surface area contributed by atoms with Crippen molar-refractivity contribution < 1.29 is 9.53 Å². The molecular formula is C9H11BrO2. The third-order valence-corrected chi connectivity index (χ3v) is 1.80. The van der Waals surface area contributed by atoms with Gasteiger partial charge in [0, 0.05) is 6.42 Å². The van der Waals surface area contributed by atoms with Gasteiger partial charge in [-0.3, -0.25) is 4.79 Å². The quantitative estimate of drug-likeness (QED) is 0.418. The van der Waals surface area contributed by atoms with E-state index in [1.54, 1.807) is 13.8 Å². The van der Waals surface area contributed by atoms with Crippen molar-refractivity contribution >= 4 is 21.9 Å². The highest BCUT2D eigenvalue weighted by Crippen LogP contribution is 2.18. The van der Waals surface area contributed by atoms with Gasteiger partial charge in [0.1, 0.15) is 4.32 Å². The molecule has 1 rings (SSSR count). The number of carbonyl (C=O) groups is 1. The molecule has 0 atom stereocenters. The Bertz CT molecular complexity index is 233. The van der Waals surface area contributed by atoms with Gasteiger partial charge in [0.15, 0.2) is 0 Å². The first kappa shape index (κ1) is 9.60. The molecule has 0 aromatic rings. The number of esters is 1. The highest BCUT2D eigenvalue weighted by molar-refractivity contribution is 9.10. The minimum atomic E-state index is -0.572.